The molecular formula is C20H25N3O5S. The van der Waals surface area contributed by atoms with Crippen LogP contribution in [0.1, 0.15) is 46.7 Å². The van der Waals surface area contributed by atoms with Crippen LogP contribution in [-0.2, 0) is 10.0 Å². The van der Waals surface area contributed by atoms with Crippen molar-refractivity contribution in [3.05, 3.63) is 53.5 Å². The Balaban J connectivity index is 1.65. The summed E-state index contributed by atoms with van der Waals surface area (Å²) >= 11 is 0. The number of piperidine rings is 1. The maximum absolute atomic E-state index is 12.9. The van der Waals surface area contributed by atoms with E-state index in [4.69, 9.17) is 4.42 Å². The van der Waals surface area contributed by atoms with Crippen LogP contribution in [0, 0.1) is 18.8 Å². The third-order valence-corrected chi connectivity index (χ3v) is 6.83. The number of amides is 2. The Hall–Kier alpha value is -2.65. The zero-order valence-electron chi connectivity index (χ0n) is 16.6. The maximum atomic E-state index is 12.9. The molecule has 0 unspecified atom stereocenters. The molecule has 0 saturated carbocycles. The predicted octanol–water partition coefficient (Wildman–Crippen LogP) is 2.33. The van der Waals surface area contributed by atoms with Crippen LogP contribution >= 0.6 is 0 Å². The molecule has 2 aromatic rings. The van der Waals surface area contributed by atoms with E-state index in [0.717, 1.165) is 6.42 Å². The summed E-state index contributed by atoms with van der Waals surface area (Å²) in [6, 6.07) is 7.17. The average molecular weight is 420 g/mol. The first kappa shape index (κ1) is 21.1. The highest BCUT2D eigenvalue weighted by molar-refractivity contribution is 7.89. The average Bonchev–Trinajstić information content (AvgIpc) is 3.11. The van der Waals surface area contributed by atoms with Crippen molar-refractivity contribution in [2.45, 2.75) is 32.1 Å². The zero-order valence-corrected chi connectivity index (χ0v) is 17.5. The number of rotatable bonds is 4. The van der Waals surface area contributed by atoms with Crippen LogP contribution in [0.15, 0.2) is 45.9 Å². The van der Waals surface area contributed by atoms with Crippen LogP contribution in [0.2, 0.25) is 0 Å². The standard InChI is InChI=1S/C20H25N3O5S/c1-13-10-14(2)12-23(11-13)29(26,27)17-6-4-16(5-7-17)19(24)21-22-20(25)18-8-9-28-15(18)3/h4-9,13-14H,10-12H2,1-3H3,(H,21,24)(H,22,25)/t13-,14-/m0/s1. The number of benzene rings is 1. The third-order valence-electron chi connectivity index (χ3n) is 4.98. The van der Waals surface area contributed by atoms with E-state index in [0.29, 0.717) is 36.2 Å². The molecule has 1 fully saturated rings. The molecule has 156 valence electrons. The normalized spacial score (nSPS) is 20.2. The quantitative estimate of drug-likeness (QED) is 0.740. The Labute approximate surface area is 170 Å². The smallest absolute Gasteiger partial charge is 0.273 e. The van der Waals surface area contributed by atoms with E-state index in [2.05, 4.69) is 10.9 Å². The number of carbonyl (C=O) groups is 2. The fourth-order valence-corrected chi connectivity index (χ4v) is 5.28. The minimum atomic E-state index is -3.61. The lowest BCUT2D eigenvalue weighted by molar-refractivity contribution is 0.0845. The minimum absolute atomic E-state index is 0.147. The molecular weight excluding hydrogens is 394 g/mol. The molecule has 1 aliphatic rings. The molecule has 0 radical (unpaired) electrons. The van der Waals surface area contributed by atoms with Gasteiger partial charge in [-0.1, -0.05) is 13.8 Å². The summed E-state index contributed by atoms with van der Waals surface area (Å²) in [6.07, 6.45) is 2.39. The van der Waals surface area contributed by atoms with Crippen molar-refractivity contribution in [1.29, 1.82) is 0 Å². The van der Waals surface area contributed by atoms with Crippen molar-refractivity contribution in [2.75, 3.05) is 13.1 Å². The second-order valence-electron chi connectivity index (χ2n) is 7.59. The predicted molar refractivity (Wildman–Crippen MR) is 107 cm³/mol. The van der Waals surface area contributed by atoms with Gasteiger partial charge in [-0.05, 0) is 55.5 Å². The summed E-state index contributed by atoms with van der Waals surface area (Å²) in [5.74, 6) is -0.00411. The van der Waals surface area contributed by atoms with Crippen LogP contribution in [-0.4, -0.2) is 37.6 Å². The highest BCUT2D eigenvalue weighted by Crippen LogP contribution is 2.26. The number of sulfonamides is 1. The molecule has 0 spiro atoms. The summed E-state index contributed by atoms with van der Waals surface area (Å²) in [4.78, 5) is 24.4. The van der Waals surface area contributed by atoms with E-state index < -0.39 is 21.8 Å². The van der Waals surface area contributed by atoms with Gasteiger partial charge in [-0.25, -0.2) is 8.42 Å². The number of aryl methyl sites for hydroxylation is 1. The topological polar surface area (TPSA) is 109 Å². The molecule has 3 rings (SSSR count). The van der Waals surface area contributed by atoms with Gasteiger partial charge < -0.3 is 4.42 Å². The SMILES string of the molecule is Cc1occc1C(=O)NNC(=O)c1ccc(S(=O)(=O)N2C[C@@H](C)C[C@H](C)C2)cc1. The van der Waals surface area contributed by atoms with Crippen molar-refractivity contribution in [1.82, 2.24) is 15.2 Å². The maximum Gasteiger partial charge on any atom is 0.273 e. The second kappa shape index (κ2) is 8.38. The lowest BCUT2D eigenvalue weighted by Crippen LogP contribution is -2.42. The van der Waals surface area contributed by atoms with Gasteiger partial charge in [-0.2, -0.15) is 4.31 Å². The van der Waals surface area contributed by atoms with E-state index in [9.17, 15) is 18.0 Å². The molecule has 0 aliphatic carbocycles. The Morgan fingerprint density at radius 3 is 2.14 bits per heavy atom. The number of furan rings is 1. The molecule has 1 saturated heterocycles. The first-order valence-electron chi connectivity index (χ1n) is 9.43. The summed E-state index contributed by atoms with van der Waals surface area (Å²) in [5.41, 5.74) is 5.16. The van der Waals surface area contributed by atoms with Crippen LogP contribution in [0.5, 0.6) is 0 Å². The number of hydrogen-bond acceptors (Lipinski definition) is 5. The first-order chi connectivity index (χ1) is 13.7. The van der Waals surface area contributed by atoms with Crippen molar-refractivity contribution in [3.8, 4) is 0 Å². The summed E-state index contributed by atoms with van der Waals surface area (Å²) in [5, 5.41) is 0. The van der Waals surface area contributed by atoms with Crippen molar-refractivity contribution in [3.63, 3.8) is 0 Å². The molecule has 1 aromatic carbocycles. The highest BCUT2D eigenvalue weighted by atomic mass is 32.2. The Bertz CT molecular complexity index is 987. The molecule has 0 bridgehead atoms. The van der Waals surface area contributed by atoms with Crippen LogP contribution in [0.3, 0.4) is 0 Å². The largest absolute Gasteiger partial charge is 0.469 e. The molecule has 29 heavy (non-hydrogen) atoms. The first-order valence-corrected chi connectivity index (χ1v) is 10.9. The van der Waals surface area contributed by atoms with Crippen LogP contribution in [0.4, 0.5) is 0 Å². The van der Waals surface area contributed by atoms with Gasteiger partial charge in [0.15, 0.2) is 0 Å². The van der Waals surface area contributed by atoms with Crippen LogP contribution in [0.25, 0.3) is 0 Å². The van der Waals surface area contributed by atoms with Gasteiger partial charge >= 0.3 is 0 Å². The zero-order chi connectivity index (χ0) is 21.2. The minimum Gasteiger partial charge on any atom is -0.469 e. The van der Waals surface area contributed by atoms with Crippen LogP contribution < -0.4 is 10.9 Å². The number of hydrazine groups is 1. The Morgan fingerprint density at radius 1 is 1.00 bits per heavy atom. The summed E-state index contributed by atoms with van der Waals surface area (Å²) in [6.45, 7) is 6.72. The number of nitrogens with zero attached hydrogens (tertiary/aromatic N) is 1. The van der Waals surface area contributed by atoms with Gasteiger partial charge in [0, 0.05) is 18.7 Å². The van der Waals surface area contributed by atoms with Crippen molar-refractivity contribution in [2.24, 2.45) is 11.8 Å². The number of nitrogens with one attached hydrogen (secondary N) is 2. The Morgan fingerprint density at radius 2 is 1.59 bits per heavy atom. The Kier molecular flexibility index (Phi) is 6.09. The van der Waals surface area contributed by atoms with Crippen molar-refractivity contribution >= 4 is 21.8 Å². The van der Waals surface area contributed by atoms with E-state index >= 15 is 0 Å². The van der Waals surface area contributed by atoms with Gasteiger partial charge in [0.1, 0.15) is 5.76 Å². The molecule has 8 nitrogen and oxygen atoms in total. The van der Waals surface area contributed by atoms with E-state index in [1.165, 1.54) is 40.9 Å². The molecule has 2 heterocycles. The number of carbonyl (C=O) groups excluding carboxylic acids is 2. The lowest BCUT2D eigenvalue weighted by atomic mass is 9.94. The highest BCUT2D eigenvalue weighted by Gasteiger charge is 2.31. The molecule has 2 amide bonds. The van der Waals surface area contributed by atoms with Gasteiger partial charge in [-0.15, -0.1) is 0 Å². The molecule has 2 N–H and O–H groups in total. The van der Waals surface area contributed by atoms with Gasteiger partial charge in [0.2, 0.25) is 10.0 Å². The number of hydrogen-bond donors (Lipinski definition) is 2. The van der Waals surface area contributed by atoms with E-state index in [-0.39, 0.29) is 10.5 Å². The van der Waals surface area contributed by atoms with E-state index in [1.54, 1.807) is 6.92 Å². The summed E-state index contributed by atoms with van der Waals surface area (Å²) < 4.78 is 32.4. The fraction of sp³-hybridized carbons (Fsp3) is 0.400. The molecule has 1 aromatic heterocycles. The van der Waals surface area contributed by atoms with E-state index in [1.807, 2.05) is 13.8 Å². The monoisotopic (exact) mass is 419 g/mol. The van der Waals surface area contributed by atoms with Crippen molar-refractivity contribution < 1.29 is 22.4 Å². The van der Waals surface area contributed by atoms with Gasteiger partial charge in [-0.3, -0.25) is 20.4 Å². The molecule has 9 heteroatoms. The molecule has 2 atom stereocenters. The fourth-order valence-electron chi connectivity index (χ4n) is 3.60. The molecule has 1 aliphatic heterocycles. The van der Waals surface area contributed by atoms with Gasteiger partial charge in [0.25, 0.3) is 11.8 Å². The summed E-state index contributed by atoms with van der Waals surface area (Å²) in [7, 11) is -3.61. The lowest BCUT2D eigenvalue weighted by Gasteiger charge is -2.34. The van der Waals surface area contributed by atoms with Gasteiger partial charge in [0.05, 0.1) is 16.7 Å². The third kappa shape index (κ3) is 4.68. The second-order valence-corrected chi connectivity index (χ2v) is 9.53.